The van der Waals surface area contributed by atoms with Gasteiger partial charge in [-0.2, -0.15) is 0 Å². The summed E-state index contributed by atoms with van der Waals surface area (Å²) in [6.45, 7) is 2.59. The van der Waals surface area contributed by atoms with E-state index in [1.54, 1.807) is 43.7 Å². The number of imidazole rings is 1. The number of nitrogens with zero attached hydrogens (tertiary/aromatic N) is 1. The van der Waals surface area contributed by atoms with Crippen molar-refractivity contribution in [3.63, 3.8) is 0 Å². The first-order valence-electron chi connectivity index (χ1n) is 5.93. The lowest BCUT2D eigenvalue weighted by atomic mass is 10.3. The normalized spacial score (nSPS) is 11.4. The van der Waals surface area contributed by atoms with Gasteiger partial charge in [-0.3, -0.25) is 0 Å². The molecule has 3 N–H and O–H groups in total. The Hall–Kier alpha value is -1.86. The summed E-state index contributed by atoms with van der Waals surface area (Å²) in [5.41, 5.74) is 1.45. The van der Waals surface area contributed by atoms with Crippen LogP contribution in [0.2, 0.25) is 0 Å². The van der Waals surface area contributed by atoms with Gasteiger partial charge in [-0.1, -0.05) is 19.1 Å². The summed E-state index contributed by atoms with van der Waals surface area (Å²) in [6.07, 6.45) is 3.27. The summed E-state index contributed by atoms with van der Waals surface area (Å²) in [7, 11) is -3.47. The molecule has 0 fully saturated rings. The molecule has 0 radical (unpaired) electrons. The van der Waals surface area contributed by atoms with Crippen molar-refractivity contribution >= 4 is 15.7 Å². The van der Waals surface area contributed by atoms with Crippen molar-refractivity contribution in [3.8, 4) is 0 Å². The summed E-state index contributed by atoms with van der Waals surface area (Å²) < 4.78 is 26.6. The number of hydrogen-bond donors (Lipinski definition) is 3. The van der Waals surface area contributed by atoms with Crippen molar-refractivity contribution in [1.82, 2.24) is 14.7 Å². The Morgan fingerprint density at radius 1 is 1.32 bits per heavy atom. The lowest BCUT2D eigenvalue weighted by Crippen LogP contribution is -2.24. The Kier molecular flexibility index (Phi) is 4.18. The Morgan fingerprint density at radius 3 is 2.79 bits per heavy atom. The van der Waals surface area contributed by atoms with E-state index in [0.29, 0.717) is 18.8 Å². The van der Waals surface area contributed by atoms with Crippen LogP contribution in [0.25, 0.3) is 0 Å². The average Bonchev–Trinajstić information content (AvgIpc) is 2.90. The predicted molar refractivity (Wildman–Crippen MR) is 73.2 cm³/mol. The molecule has 6 nitrogen and oxygen atoms in total. The average molecular weight is 280 g/mol. The number of hydrogen-bond acceptors (Lipinski definition) is 4. The van der Waals surface area contributed by atoms with E-state index in [4.69, 9.17) is 0 Å². The molecule has 1 aromatic heterocycles. The van der Waals surface area contributed by atoms with Crippen LogP contribution in [-0.4, -0.2) is 24.9 Å². The molecule has 0 atom stereocenters. The number of benzene rings is 1. The van der Waals surface area contributed by atoms with Crippen LogP contribution in [0.15, 0.2) is 41.7 Å². The number of nitrogens with one attached hydrogen (secondary N) is 3. The van der Waals surface area contributed by atoms with Gasteiger partial charge in [-0.25, -0.2) is 18.1 Å². The predicted octanol–water partition coefficient (Wildman–Crippen LogP) is 1.32. The first-order valence-corrected chi connectivity index (χ1v) is 7.41. The standard InChI is InChI=1S/C12H16N4O2S/c1-2-16-19(17,18)12-6-4-3-5-11(12)14-8-10-7-13-9-15-10/h3-7,9,14,16H,2,8H2,1H3,(H,13,15). The van der Waals surface area contributed by atoms with Gasteiger partial charge in [-0.15, -0.1) is 0 Å². The molecule has 0 saturated heterocycles. The van der Waals surface area contributed by atoms with Crippen molar-refractivity contribution in [2.75, 3.05) is 11.9 Å². The van der Waals surface area contributed by atoms with Crippen LogP contribution in [0.1, 0.15) is 12.6 Å². The van der Waals surface area contributed by atoms with E-state index in [-0.39, 0.29) is 4.90 Å². The van der Waals surface area contributed by atoms with Crippen LogP contribution in [0.4, 0.5) is 5.69 Å². The highest BCUT2D eigenvalue weighted by Gasteiger charge is 2.16. The van der Waals surface area contributed by atoms with Crippen LogP contribution < -0.4 is 10.0 Å². The first kappa shape index (κ1) is 13.6. The second kappa shape index (κ2) is 5.85. The minimum Gasteiger partial charge on any atom is -0.378 e. The number of aromatic amines is 1. The third kappa shape index (κ3) is 3.33. The highest BCUT2D eigenvalue weighted by Crippen LogP contribution is 2.20. The molecule has 0 amide bonds. The van der Waals surface area contributed by atoms with E-state index in [2.05, 4.69) is 20.0 Å². The molecule has 7 heteroatoms. The summed E-state index contributed by atoms with van der Waals surface area (Å²) in [5.74, 6) is 0. The van der Waals surface area contributed by atoms with E-state index in [0.717, 1.165) is 5.69 Å². The highest BCUT2D eigenvalue weighted by atomic mass is 32.2. The molecule has 0 spiro atoms. The van der Waals surface area contributed by atoms with Crippen molar-refractivity contribution in [2.45, 2.75) is 18.4 Å². The molecule has 0 aliphatic rings. The maximum atomic E-state index is 12.0. The van der Waals surface area contributed by atoms with E-state index >= 15 is 0 Å². The Bertz CT molecular complexity index is 623. The number of sulfonamides is 1. The Labute approximate surface area is 112 Å². The second-order valence-electron chi connectivity index (χ2n) is 3.93. The van der Waals surface area contributed by atoms with Gasteiger partial charge in [0.1, 0.15) is 4.90 Å². The van der Waals surface area contributed by atoms with Gasteiger partial charge in [0.15, 0.2) is 0 Å². The van der Waals surface area contributed by atoms with Gasteiger partial charge >= 0.3 is 0 Å². The largest absolute Gasteiger partial charge is 0.378 e. The minimum absolute atomic E-state index is 0.247. The molecule has 19 heavy (non-hydrogen) atoms. The second-order valence-corrected chi connectivity index (χ2v) is 5.66. The zero-order valence-corrected chi connectivity index (χ0v) is 11.4. The van der Waals surface area contributed by atoms with E-state index in [9.17, 15) is 8.42 Å². The lowest BCUT2D eigenvalue weighted by Gasteiger charge is -2.12. The minimum atomic E-state index is -3.47. The molecular weight excluding hydrogens is 264 g/mol. The number of aromatic nitrogens is 2. The third-order valence-electron chi connectivity index (χ3n) is 2.54. The van der Waals surface area contributed by atoms with E-state index in [1.807, 2.05) is 0 Å². The van der Waals surface area contributed by atoms with Crippen LogP contribution in [0, 0.1) is 0 Å². The molecule has 0 aliphatic carbocycles. The van der Waals surface area contributed by atoms with Crippen molar-refractivity contribution < 1.29 is 8.42 Å². The van der Waals surface area contributed by atoms with Crippen LogP contribution in [0.3, 0.4) is 0 Å². The number of anilines is 1. The van der Waals surface area contributed by atoms with Crippen LogP contribution in [0.5, 0.6) is 0 Å². The molecular formula is C12H16N4O2S. The number of rotatable bonds is 6. The third-order valence-corrected chi connectivity index (χ3v) is 4.14. The van der Waals surface area contributed by atoms with Crippen LogP contribution >= 0.6 is 0 Å². The summed E-state index contributed by atoms with van der Waals surface area (Å²) in [6, 6.07) is 6.81. The number of para-hydroxylation sites is 1. The molecule has 0 unspecified atom stereocenters. The van der Waals surface area contributed by atoms with Gasteiger partial charge in [0.05, 0.1) is 24.3 Å². The van der Waals surface area contributed by atoms with Gasteiger partial charge in [0.2, 0.25) is 10.0 Å². The molecule has 0 saturated carbocycles. The molecule has 0 bridgehead atoms. The molecule has 2 aromatic rings. The van der Waals surface area contributed by atoms with Gasteiger partial charge < -0.3 is 10.3 Å². The smallest absolute Gasteiger partial charge is 0.242 e. The van der Waals surface area contributed by atoms with E-state index in [1.165, 1.54) is 0 Å². The zero-order chi connectivity index (χ0) is 13.7. The lowest BCUT2D eigenvalue weighted by molar-refractivity contribution is 0.584. The fourth-order valence-corrected chi connectivity index (χ4v) is 2.91. The topological polar surface area (TPSA) is 86.9 Å². The van der Waals surface area contributed by atoms with Crippen molar-refractivity contribution in [1.29, 1.82) is 0 Å². The molecule has 1 heterocycles. The fraction of sp³-hybridized carbons (Fsp3) is 0.250. The van der Waals surface area contributed by atoms with Crippen molar-refractivity contribution in [3.05, 3.63) is 42.5 Å². The maximum absolute atomic E-state index is 12.0. The number of H-pyrrole nitrogens is 1. The quantitative estimate of drug-likeness (QED) is 0.745. The fourth-order valence-electron chi connectivity index (χ4n) is 1.69. The zero-order valence-electron chi connectivity index (χ0n) is 10.6. The SMILES string of the molecule is CCNS(=O)(=O)c1ccccc1NCc1cnc[nH]1. The Morgan fingerprint density at radius 2 is 2.11 bits per heavy atom. The maximum Gasteiger partial charge on any atom is 0.242 e. The van der Waals surface area contributed by atoms with Gasteiger partial charge in [-0.05, 0) is 12.1 Å². The first-order chi connectivity index (χ1) is 9.13. The molecule has 1 aromatic carbocycles. The molecule has 2 rings (SSSR count). The van der Waals surface area contributed by atoms with E-state index < -0.39 is 10.0 Å². The summed E-state index contributed by atoms with van der Waals surface area (Å²) in [4.78, 5) is 7.11. The van der Waals surface area contributed by atoms with Gasteiger partial charge in [0, 0.05) is 12.7 Å². The summed E-state index contributed by atoms with van der Waals surface area (Å²) >= 11 is 0. The van der Waals surface area contributed by atoms with Crippen molar-refractivity contribution in [2.24, 2.45) is 0 Å². The van der Waals surface area contributed by atoms with Gasteiger partial charge in [0.25, 0.3) is 0 Å². The Balaban J connectivity index is 2.21. The monoisotopic (exact) mass is 280 g/mol. The van der Waals surface area contributed by atoms with Crippen LogP contribution in [-0.2, 0) is 16.6 Å². The summed E-state index contributed by atoms with van der Waals surface area (Å²) in [5, 5.41) is 3.09. The highest BCUT2D eigenvalue weighted by molar-refractivity contribution is 7.89. The molecule has 102 valence electrons. The molecule has 0 aliphatic heterocycles.